The Bertz CT molecular complexity index is 354. The van der Waals surface area contributed by atoms with Gasteiger partial charge >= 0.3 is 12.0 Å². The fourth-order valence-electron chi connectivity index (χ4n) is 0.997. The maximum Gasteiger partial charge on any atom is 0.321 e. The van der Waals surface area contributed by atoms with Gasteiger partial charge in [-0.15, -0.1) is 10.2 Å². The minimum Gasteiger partial charge on any atom is -0.481 e. The number of nitrogens with zero attached hydrogens (tertiary/aromatic N) is 2. The van der Waals surface area contributed by atoms with Gasteiger partial charge in [-0.2, -0.15) is 0 Å². The van der Waals surface area contributed by atoms with E-state index in [-0.39, 0.29) is 12.5 Å². The molecule has 1 heterocycles. The van der Waals surface area contributed by atoms with Gasteiger partial charge in [-0.05, 0) is 13.3 Å². The fourth-order valence-corrected chi connectivity index (χ4v) is 1.44. The van der Waals surface area contributed by atoms with Gasteiger partial charge in [0, 0.05) is 12.5 Å². The van der Waals surface area contributed by atoms with E-state index in [1.807, 2.05) is 0 Å². The Morgan fingerprint density at radius 1 is 1.62 bits per heavy atom. The van der Waals surface area contributed by atoms with Crippen molar-refractivity contribution in [3.05, 3.63) is 5.51 Å². The number of hydrogen-bond donors (Lipinski definition) is 3. The van der Waals surface area contributed by atoms with Crippen LogP contribution in [0.25, 0.3) is 0 Å². The van der Waals surface area contributed by atoms with Gasteiger partial charge in [0.1, 0.15) is 5.51 Å². The molecule has 0 radical (unpaired) electrons. The number of amides is 2. The Balaban J connectivity index is 2.25. The summed E-state index contributed by atoms with van der Waals surface area (Å²) in [7, 11) is 0. The highest BCUT2D eigenvalue weighted by atomic mass is 32.1. The molecule has 0 bridgehead atoms. The molecular weight excluding hydrogens is 232 g/mol. The summed E-state index contributed by atoms with van der Waals surface area (Å²) >= 11 is 1.21. The zero-order chi connectivity index (χ0) is 12.0. The van der Waals surface area contributed by atoms with Crippen LogP contribution < -0.4 is 10.6 Å². The minimum absolute atomic E-state index is 0.0280. The molecule has 3 N–H and O–H groups in total. The van der Waals surface area contributed by atoms with Crippen LogP contribution in [-0.2, 0) is 4.79 Å². The zero-order valence-electron chi connectivity index (χ0n) is 8.64. The largest absolute Gasteiger partial charge is 0.481 e. The van der Waals surface area contributed by atoms with E-state index in [0.717, 1.165) is 0 Å². The van der Waals surface area contributed by atoms with Crippen LogP contribution in [0, 0.1) is 0 Å². The number of carboxylic acids is 1. The molecule has 7 nitrogen and oxygen atoms in total. The van der Waals surface area contributed by atoms with Crippen molar-refractivity contribution in [1.82, 2.24) is 15.5 Å². The van der Waals surface area contributed by atoms with Crippen LogP contribution in [0.5, 0.6) is 0 Å². The number of aliphatic carboxylic acids is 1. The highest BCUT2D eigenvalue weighted by Gasteiger charge is 2.10. The van der Waals surface area contributed by atoms with E-state index in [9.17, 15) is 9.59 Å². The van der Waals surface area contributed by atoms with Crippen molar-refractivity contribution < 1.29 is 14.7 Å². The number of carbonyl (C=O) groups is 2. The summed E-state index contributed by atoms with van der Waals surface area (Å²) in [5.41, 5.74) is 1.50. The Morgan fingerprint density at radius 2 is 2.38 bits per heavy atom. The van der Waals surface area contributed by atoms with E-state index in [0.29, 0.717) is 11.6 Å². The van der Waals surface area contributed by atoms with Crippen LogP contribution >= 0.6 is 11.3 Å². The molecule has 0 saturated heterocycles. The number of carbonyl (C=O) groups excluding carboxylic acids is 1. The number of nitrogens with one attached hydrogen (secondary N) is 2. The lowest BCUT2D eigenvalue weighted by molar-refractivity contribution is -0.137. The van der Waals surface area contributed by atoms with Gasteiger partial charge in [-0.1, -0.05) is 11.3 Å². The van der Waals surface area contributed by atoms with Crippen molar-refractivity contribution in [1.29, 1.82) is 0 Å². The van der Waals surface area contributed by atoms with Crippen molar-refractivity contribution in [2.75, 3.05) is 5.32 Å². The molecule has 2 amide bonds. The first-order chi connectivity index (χ1) is 7.58. The maximum atomic E-state index is 11.3. The molecular formula is C8H12N4O3S. The molecule has 88 valence electrons. The van der Waals surface area contributed by atoms with Crippen molar-refractivity contribution in [3.63, 3.8) is 0 Å². The molecule has 1 unspecified atom stereocenters. The average Bonchev–Trinajstić information content (AvgIpc) is 2.67. The minimum atomic E-state index is -0.877. The van der Waals surface area contributed by atoms with Crippen molar-refractivity contribution in [2.24, 2.45) is 0 Å². The van der Waals surface area contributed by atoms with E-state index in [4.69, 9.17) is 5.11 Å². The van der Waals surface area contributed by atoms with Crippen LogP contribution in [0.3, 0.4) is 0 Å². The number of carboxylic acid groups (broad SMARTS) is 1. The van der Waals surface area contributed by atoms with E-state index >= 15 is 0 Å². The first-order valence-corrected chi connectivity index (χ1v) is 5.51. The molecule has 0 aliphatic heterocycles. The third kappa shape index (κ3) is 4.69. The first-order valence-electron chi connectivity index (χ1n) is 4.63. The summed E-state index contributed by atoms with van der Waals surface area (Å²) in [4.78, 5) is 21.6. The molecule has 0 spiro atoms. The summed E-state index contributed by atoms with van der Waals surface area (Å²) < 4.78 is 0. The van der Waals surface area contributed by atoms with Crippen LogP contribution in [0.2, 0.25) is 0 Å². The SMILES string of the molecule is CC(CCC(=O)O)NC(=O)Nc1nncs1. The zero-order valence-corrected chi connectivity index (χ0v) is 9.45. The quantitative estimate of drug-likeness (QED) is 0.714. The Morgan fingerprint density at radius 3 is 2.94 bits per heavy atom. The highest BCUT2D eigenvalue weighted by Crippen LogP contribution is 2.07. The number of rotatable bonds is 5. The summed E-state index contributed by atoms with van der Waals surface area (Å²) in [5.74, 6) is -0.877. The van der Waals surface area contributed by atoms with Crippen molar-refractivity contribution >= 4 is 28.5 Å². The number of hydrogen-bond acceptors (Lipinski definition) is 5. The molecule has 0 aliphatic carbocycles. The third-order valence-corrected chi connectivity index (χ3v) is 2.36. The molecule has 1 atom stereocenters. The van der Waals surface area contributed by atoms with Crippen LogP contribution in [0.4, 0.5) is 9.93 Å². The van der Waals surface area contributed by atoms with Gasteiger partial charge in [0.25, 0.3) is 0 Å². The number of aromatic nitrogens is 2. The smallest absolute Gasteiger partial charge is 0.321 e. The highest BCUT2D eigenvalue weighted by molar-refractivity contribution is 7.13. The number of anilines is 1. The second-order valence-electron chi connectivity index (χ2n) is 3.18. The summed E-state index contributed by atoms with van der Waals surface area (Å²) in [6.45, 7) is 1.74. The predicted octanol–water partition coefficient (Wildman–Crippen LogP) is 0.913. The predicted molar refractivity (Wildman–Crippen MR) is 58.4 cm³/mol. The van der Waals surface area contributed by atoms with E-state index in [2.05, 4.69) is 20.8 Å². The molecule has 1 rings (SSSR count). The molecule has 0 saturated carbocycles. The summed E-state index contributed by atoms with van der Waals surface area (Å²) in [6, 6.07) is -0.612. The molecule has 0 aliphatic rings. The Kier molecular flexibility index (Phi) is 4.65. The molecule has 0 aromatic carbocycles. The molecule has 8 heteroatoms. The van der Waals surface area contributed by atoms with Gasteiger partial charge < -0.3 is 10.4 Å². The fraction of sp³-hybridized carbons (Fsp3) is 0.500. The lowest BCUT2D eigenvalue weighted by Gasteiger charge is -2.12. The first kappa shape index (κ1) is 12.4. The molecule has 16 heavy (non-hydrogen) atoms. The van der Waals surface area contributed by atoms with Gasteiger partial charge in [-0.25, -0.2) is 4.79 Å². The van der Waals surface area contributed by atoms with Gasteiger partial charge in [0.05, 0.1) is 0 Å². The molecule has 1 aromatic heterocycles. The summed E-state index contributed by atoms with van der Waals surface area (Å²) in [6.07, 6.45) is 0.416. The van der Waals surface area contributed by atoms with E-state index in [1.165, 1.54) is 16.8 Å². The molecule has 1 aromatic rings. The second kappa shape index (κ2) is 6.01. The Hall–Kier alpha value is -1.70. The van der Waals surface area contributed by atoms with Crippen molar-refractivity contribution in [2.45, 2.75) is 25.8 Å². The van der Waals surface area contributed by atoms with Crippen molar-refractivity contribution in [3.8, 4) is 0 Å². The monoisotopic (exact) mass is 244 g/mol. The summed E-state index contributed by atoms with van der Waals surface area (Å²) in [5, 5.41) is 21.2. The van der Waals surface area contributed by atoms with Crippen LogP contribution in [0.1, 0.15) is 19.8 Å². The van der Waals surface area contributed by atoms with E-state index < -0.39 is 12.0 Å². The second-order valence-corrected chi connectivity index (χ2v) is 4.01. The topological polar surface area (TPSA) is 104 Å². The van der Waals surface area contributed by atoms with Gasteiger partial charge in [-0.3, -0.25) is 10.1 Å². The third-order valence-electron chi connectivity index (χ3n) is 1.75. The van der Waals surface area contributed by atoms with E-state index in [1.54, 1.807) is 6.92 Å². The standard InChI is InChI=1S/C8H12N4O3S/c1-5(2-3-6(13)14)10-7(15)11-8-12-9-4-16-8/h4-5H,2-3H2,1H3,(H,13,14)(H2,10,11,12,15). The lowest BCUT2D eigenvalue weighted by atomic mass is 10.2. The maximum absolute atomic E-state index is 11.3. The molecule has 0 fully saturated rings. The average molecular weight is 244 g/mol. The van der Waals surface area contributed by atoms with Crippen LogP contribution in [0.15, 0.2) is 5.51 Å². The van der Waals surface area contributed by atoms with Gasteiger partial charge in [0.15, 0.2) is 0 Å². The lowest BCUT2D eigenvalue weighted by Crippen LogP contribution is -2.36. The van der Waals surface area contributed by atoms with Gasteiger partial charge in [0.2, 0.25) is 5.13 Å². The van der Waals surface area contributed by atoms with Crippen LogP contribution in [-0.4, -0.2) is 33.3 Å². The Labute approximate surface area is 95.9 Å². The normalized spacial score (nSPS) is 11.8. The number of urea groups is 1.